The molecule has 188 valence electrons. The van der Waals surface area contributed by atoms with Gasteiger partial charge in [-0.15, -0.1) is 5.10 Å². The summed E-state index contributed by atoms with van der Waals surface area (Å²) < 4.78 is 26.7. The van der Waals surface area contributed by atoms with E-state index in [4.69, 9.17) is 23.9 Å². The third kappa shape index (κ3) is 4.30. The smallest absolute Gasteiger partial charge is 0.190 e. The number of aromatic amines is 1. The summed E-state index contributed by atoms with van der Waals surface area (Å²) in [5.41, 5.74) is 3.70. The van der Waals surface area contributed by atoms with Gasteiger partial charge in [0.05, 0.1) is 30.4 Å². The number of aromatic nitrogens is 5. The van der Waals surface area contributed by atoms with Gasteiger partial charge in [-0.25, -0.2) is 9.67 Å². The molecule has 2 aromatic heterocycles. The normalized spacial score (nSPS) is 24.7. The lowest BCUT2D eigenvalue weighted by Crippen LogP contribution is -2.34. The third-order valence-electron chi connectivity index (χ3n) is 6.83. The van der Waals surface area contributed by atoms with E-state index in [1.54, 1.807) is 0 Å². The second kappa shape index (κ2) is 8.74. The molecule has 0 unspecified atom stereocenters. The van der Waals surface area contributed by atoms with Crippen LogP contribution in [0.25, 0.3) is 21.8 Å². The van der Waals surface area contributed by atoms with Gasteiger partial charge in [0.1, 0.15) is 29.8 Å². The number of hydrogen-bond donors (Lipinski definition) is 1. The van der Waals surface area contributed by atoms with Crippen LogP contribution < -0.4 is 0 Å². The molecule has 7 rings (SSSR count). The number of ether oxygens (including phenoxy) is 4. The standard InChI is InChI=1S/C28H27N5O4/c1-28(2)36-25-23(34-16-20-15-33(32-31-20)14-17-8-4-3-5-9-17)24(35-27(25)37-28)26-29-21-12-18-10-6-7-11-19(18)13-22(21)30-26/h3-13,15,23-25,27H,14,16H2,1-2H3,(H,29,30)/t23-,24-,25+,27+/m0/s1. The minimum atomic E-state index is -0.758. The number of rotatable bonds is 6. The first-order chi connectivity index (χ1) is 18.0. The first-order valence-electron chi connectivity index (χ1n) is 12.4. The van der Waals surface area contributed by atoms with Crippen molar-refractivity contribution in [2.24, 2.45) is 0 Å². The summed E-state index contributed by atoms with van der Waals surface area (Å²) in [6, 6.07) is 22.6. The molecule has 0 spiro atoms. The molecule has 1 N–H and O–H groups in total. The van der Waals surface area contributed by atoms with Gasteiger partial charge < -0.3 is 23.9 Å². The van der Waals surface area contributed by atoms with Crippen LogP contribution in [0, 0.1) is 0 Å². The highest BCUT2D eigenvalue weighted by Crippen LogP contribution is 2.44. The monoisotopic (exact) mass is 497 g/mol. The summed E-state index contributed by atoms with van der Waals surface area (Å²) in [5.74, 6) is -0.0748. The summed E-state index contributed by atoms with van der Waals surface area (Å²) in [4.78, 5) is 8.30. The van der Waals surface area contributed by atoms with Crippen molar-refractivity contribution in [2.45, 2.75) is 57.4 Å². The molecular weight excluding hydrogens is 470 g/mol. The molecule has 37 heavy (non-hydrogen) atoms. The molecule has 4 heterocycles. The topological polar surface area (TPSA) is 96.3 Å². The molecule has 2 aliphatic heterocycles. The molecule has 5 aromatic rings. The molecule has 0 radical (unpaired) electrons. The zero-order valence-corrected chi connectivity index (χ0v) is 20.6. The maximum atomic E-state index is 6.39. The lowest BCUT2D eigenvalue weighted by molar-refractivity contribution is -0.221. The van der Waals surface area contributed by atoms with Gasteiger partial charge in [0.2, 0.25) is 0 Å². The summed E-state index contributed by atoms with van der Waals surface area (Å²) in [6.45, 7) is 4.66. The summed E-state index contributed by atoms with van der Waals surface area (Å²) in [6.07, 6.45) is 0.0255. The maximum absolute atomic E-state index is 6.39. The highest BCUT2D eigenvalue weighted by Gasteiger charge is 2.56. The lowest BCUT2D eigenvalue weighted by atomic mass is 10.1. The average molecular weight is 498 g/mol. The van der Waals surface area contributed by atoms with Gasteiger partial charge in [0.15, 0.2) is 12.1 Å². The highest BCUT2D eigenvalue weighted by atomic mass is 16.8. The van der Waals surface area contributed by atoms with Crippen molar-refractivity contribution in [3.8, 4) is 0 Å². The van der Waals surface area contributed by atoms with E-state index in [1.807, 2.05) is 55.1 Å². The van der Waals surface area contributed by atoms with Crippen LogP contribution in [0.3, 0.4) is 0 Å². The Kier molecular flexibility index (Phi) is 5.33. The Morgan fingerprint density at radius 2 is 1.78 bits per heavy atom. The van der Waals surface area contributed by atoms with Crippen LogP contribution in [0.15, 0.2) is 72.9 Å². The molecule has 2 saturated heterocycles. The van der Waals surface area contributed by atoms with Gasteiger partial charge in [-0.3, -0.25) is 0 Å². The van der Waals surface area contributed by atoms with Gasteiger partial charge >= 0.3 is 0 Å². The van der Waals surface area contributed by atoms with Crippen LogP contribution in [0.2, 0.25) is 0 Å². The van der Waals surface area contributed by atoms with Crippen LogP contribution >= 0.6 is 0 Å². The van der Waals surface area contributed by atoms with E-state index in [0.29, 0.717) is 12.4 Å². The second-order valence-electron chi connectivity index (χ2n) is 10.0. The number of nitrogens with zero attached hydrogens (tertiary/aromatic N) is 4. The fraction of sp³-hybridized carbons (Fsp3) is 0.321. The quantitative estimate of drug-likeness (QED) is 0.369. The van der Waals surface area contributed by atoms with E-state index in [1.165, 1.54) is 0 Å². The molecule has 9 nitrogen and oxygen atoms in total. The molecule has 3 aromatic carbocycles. The van der Waals surface area contributed by atoms with Crippen molar-refractivity contribution < 1.29 is 18.9 Å². The summed E-state index contributed by atoms with van der Waals surface area (Å²) in [5, 5.41) is 10.8. The largest absolute Gasteiger partial charge is 0.366 e. The highest BCUT2D eigenvalue weighted by molar-refractivity contribution is 5.95. The number of nitrogens with one attached hydrogen (secondary N) is 1. The fourth-order valence-electron chi connectivity index (χ4n) is 5.17. The predicted molar refractivity (Wildman–Crippen MR) is 135 cm³/mol. The number of imidazole rings is 1. The molecule has 0 amide bonds. The number of hydrogen-bond acceptors (Lipinski definition) is 7. The molecule has 0 saturated carbocycles. The Balaban J connectivity index is 1.14. The molecule has 0 bridgehead atoms. The van der Waals surface area contributed by atoms with Gasteiger partial charge in [-0.1, -0.05) is 59.8 Å². The van der Waals surface area contributed by atoms with Crippen LogP contribution in [0.1, 0.15) is 37.0 Å². The summed E-state index contributed by atoms with van der Waals surface area (Å²) >= 11 is 0. The fourth-order valence-corrected chi connectivity index (χ4v) is 5.17. The molecule has 0 aliphatic carbocycles. The van der Waals surface area contributed by atoms with Crippen molar-refractivity contribution in [2.75, 3.05) is 0 Å². The molecule has 2 fully saturated rings. The predicted octanol–water partition coefficient (Wildman–Crippen LogP) is 4.49. The van der Waals surface area contributed by atoms with Crippen LogP contribution in [0.5, 0.6) is 0 Å². The number of benzene rings is 3. The first kappa shape index (κ1) is 22.6. The van der Waals surface area contributed by atoms with Gasteiger partial charge in [0.25, 0.3) is 0 Å². The maximum Gasteiger partial charge on any atom is 0.190 e. The Morgan fingerprint density at radius 1 is 1.00 bits per heavy atom. The van der Waals surface area contributed by atoms with Crippen LogP contribution in [0.4, 0.5) is 0 Å². The van der Waals surface area contributed by atoms with Gasteiger partial charge in [-0.05, 0) is 42.3 Å². The van der Waals surface area contributed by atoms with Crippen molar-refractivity contribution >= 4 is 21.8 Å². The van der Waals surface area contributed by atoms with Crippen LogP contribution in [-0.2, 0) is 32.1 Å². The minimum Gasteiger partial charge on any atom is -0.366 e. The van der Waals surface area contributed by atoms with E-state index in [-0.39, 0.29) is 6.61 Å². The Bertz CT molecular complexity index is 1510. The first-order valence-corrected chi connectivity index (χ1v) is 12.4. The van der Waals surface area contributed by atoms with Crippen molar-refractivity contribution in [3.63, 3.8) is 0 Å². The molecule has 4 atom stereocenters. The van der Waals surface area contributed by atoms with E-state index >= 15 is 0 Å². The average Bonchev–Trinajstić information content (AvgIpc) is 3.64. The molecule has 2 aliphatic rings. The molecule has 9 heteroatoms. The SMILES string of the molecule is CC1(C)O[C@H]2O[C@H](c3nc4cc5ccccc5cc4[nH]3)[C@H](OCc3cn(Cc4ccccc4)nn3)[C@H]2O1. The van der Waals surface area contributed by atoms with E-state index < -0.39 is 30.4 Å². The van der Waals surface area contributed by atoms with E-state index in [0.717, 1.165) is 33.1 Å². The van der Waals surface area contributed by atoms with E-state index in [2.05, 4.69) is 51.7 Å². The number of fused-ring (bicyclic) bond motifs is 3. The zero-order valence-electron chi connectivity index (χ0n) is 20.6. The Morgan fingerprint density at radius 3 is 2.62 bits per heavy atom. The van der Waals surface area contributed by atoms with Gasteiger partial charge in [-0.2, -0.15) is 0 Å². The third-order valence-corrected chi connectivity index (χ3v) is 6.83. The summed E-state index contributed by atoms with van der Waals surface area (Å²) in [7, 11) is 0. The second-order valence-corrected chi connectivity index (χ2v) is 10.0. The minimum absolute atomic E-state index is 0.260. The van der Waals surface area contributed by atoms with Crippen molar-refractivity contribution in [1.29, 1.82) is 0 Å². The zero-order chi connectivity index (χ0) is 25.0. The van der Waals surface area contributed by atoms with Crippen LogP contribution in [-0.4, -0.2) is 49.2 Å². The molecular formula is C28H27N5O4. The lowest BCUT2D eigenvalue weighted by Gasteiger charge is -2.24. The van der Waals surface area contributed by atoms with E-state index in [9.17, 15) is 0 Å². The Labute approximate surface area is 213 Å². The van der Waals surface area contributed by atoms with Crippen molar-refractivity contribution in [3.05, 3.63) is 90.0 Å². The van der Waals surface area contributed by atoms with Gasteiger partial charge in [0, 0.05) is 0 Å². The van der Waals surface area contributed by atoms with Crippen molar-refractivity contribution in [1.82, 2.24) is 25.0 Å². The Hall–Kier alpha value is -3.63. The number of H-pyrrole nitrogens is 1.